The second-order valence-electron chi connectivity index (χ2n) is 4.82. The first-order valence-electron chi connectivity index (χ1n) is 5.72. The summed E-state index contributed by atoms with van der Waals surface area (Å²) in [6.07, 6.45) is 1.92. The lowest BCUT2D eigenvalue weighted by atomic mass is 9.85. The van der Waals surface area contributed by atoms with E-state index in [-0.39, 0.29) is 17.3 Å². The number of methoxy groups -OCH3 is 1. The van der Waals surface area contributed by atoms with E-state index in [1.165, 1.54) is 6.07 Å². The van der Waals surface area contributed by atoms with Gasteiger partial charge >= 0.3 is 0 Å². The van der Waals surface area contributed by atoms with Crippen LogP contribution >= 0.6 is 11.6 Å². The van der Waals surface area contributed by atoms with E-state index in [1.54, 1.807) is 14.0 Å². The molecule has 1 aromatic rings. The van der Waals surface area contributed by atoms with Gasteiger partial charge in [-0.05, 0) is 38.3 Å². The van der Waals surface area contributed by atoms with Gasteiger partial charge in [0.15, 0.2) is 0 Å². The number of hydrogen-bond donors (Lipinski definition) is 1. The van der Waals surface area contributed by atoms with E-state index in [0.29, 0.717) is 16.3 Å². The number of benzene rings is 1. The number of rotatable bonds is 3. The first-order valence-corrected chi connectivity index (χ1v) is 6.10. The number of hydrogen-bond acceptors (Lipinski definition) is 2. The Kier molecular flexibility index (Phi) is 3.08. The lowest BCUT2D eigenvalue weighted by molar-refractivity contribution is 0.395. The molecule has 1 aliphatic carbocycles. The fourth-order valence-corrected chi connectivity index (χ4v) is 2.83. The first kappa shape index (κ1) is 12.7. The molecule has 0 heterocycles. The van der Waals surface area contributed by atoms with E-state index in [9.17, 15) is 4.39 Å². The maximum absolute atomic E-state index is 13.8. The predicted octanol–water partition coefficient (Wildman–Crippen LogP) is 3.17. The molecule has 0 aromatic heterocycles. The molecule has 1 unspecified atom stereocenters. The summed E-state index contributed by atoms with van der Waals surface area (Å²) in [4.78, 5) is 0. The van der Waals surface area contributed by atoms with Gasteiger partial charge in [0.05, 0.1) is 12.1 Å². The van der Waals surface area contributed by atoms with E-state index in [4.69, 9.17) is 22.1 Å². The van der Waals surface area contributed by atoms with Gasteiger partial charge in [-0.15, -0.1) is 0 Å². The Hall–Kier alpha value is -0.800. The standard InChI is InChI=1S/C13H17ClFNO/c1-7-10(15)6-9(14)12(17-3)11(7)13(4-5-13)8(2)16/h6,8H,4-5,16H2,1-3H3. The van der Waals surface area contributed by atoms with Crippen molar-refractivity contribution < 1.29 is 9.13 Å². The van der Waals surface area contributed by atoms with E-state index in [1.807, 2.05) is 6.92 Å². The molecule has 0 bridgehead atoms. The summed E-state index contributed by atoms with van der Waals surface area (Å²) in [5.74, 6) is 0.276. The van der Waals surface area contributed by atoms with Gasteiger partial charge in [-0.2, -0.15) is 0 Å². The fraction of sp³-hybridized carbons (Fsp3) is 0.538. The average molecular weight is 258 g/mol. The zero-order valence-electron chi connectivity index (χ0n) is 10.3. The van der Waals surface area contributed by atoms with Crippen LogP contribution < -0.4 is 10.5 Å². The van der Waals surface area contributed by atoms with Crippen LogP contribution in [0.1, 0.15) is 30.9 Å². The summed E-state index contributed by atoms with van der Waals surface area (Å²) in [5.41, 5.74) is 7.32. The summed E-state index contributed by atoms with van der Waals surface area (Å²) in [7, 11) is 1.55. The molecule has 0 spiro atoms. The highest BCUT2D eigenvalue weighted by atomic mass is 35.5. The minimum absolute atomic E-state index is 0.0343. The van der Waals surface area contributed by atoms with Crippen molar-refractivity contribution in [3.05, 3.63) is 28.0 Å². The molecular formula is C13H17ClFNO. The maximum atomic E-state index is 13.8. The highest BCUT2D eigenvalue weighted by molar-refractivity contribution is 6.32. The van der Waals surface area contributed by atoms with Gasteiger partial charge in [-0.1, -0.05) is 11.6 Å². The Morgan fingerprint density at radius 2 is 2.12 bits per heavy atom. The van der Waals surface area contributed by atoms with Crippen LogP contribution in [0.15, 0.2) is 6.07 Å². The number of ether oxygens (including phenoxy) is 1. The molecule has 1 saturated carbocycles. The SMILES string of the molecule is COc1c(Cl)cc(F)c(C)c1C1(C(C)N)CC1. The van der Waals surface area contributed by atoms with Crippen molar-refractivity contribution in [1.82, 2.24) is 0 Å². The van der Waals surface area contributed by atoms with Crippen LogP contribution in [-0.4, -0.2) is 13.2 Å². The third kappa shape index (κ3) is 1.81. The van der Waals surface area contributed by atoms with Crippen LogP contribution in [0, 0.1) is 12.7 Å². The van der Waals surface area contributed by atoms with Crippen LogP contribution in [0.3, 0.4) is 0 Å². The molecule has 0 amide bonds. The smallest absolute Gasteiger partial charge is 0.141 e. The average Bonchev–Trinajstić information content (AvgIpc) is 3.04. The predicted molar refractivity (Wildman–Crippen MR) is 67.3 cm³/mol. The molecule has 0 aliphatic heterocycles. The van der Waals surface area contributed by atoms with Gasteiger partial charge < -0.3 is 10.5 Å². The van der Waals surface area contributed by atoms with Crippen molar-refractivity contribution in [2.24, 2.45) is 5.73 Å². The Morgan fingerprint density at radius 3 is 2.53 bits per heavy atom. The summed E-state index contributed by atoms with van der Waals surface area (Å²) in [5, 5.41) is 0.317. The van der Waals surface area contributed by atoms with Gasteiger partial charge in [0.25, 0.3) is 0 Å². The van der Waals surface area contributed by atoms with Crippen molar-refractivity contribution >= 4 is 11.6 Å². The van der Waals surface area contributed by atoms with E-state index in [0.717, 1.165) is 18.4 Å². The third-order valence-electron chi connectivity index (χ3n) is 3.79. The Balaban J connectivity index is 2.67. The minimum Gasteiger partial charge on any atom is -0.495 e. The molecule has 1 atom stereocenters. The molecule has 2 nitrogen and oxygen atoms in total. The molecule has 2 rings (SSSR count). The van der Waals surface area contributed by atoms with Crippen molar-refractivity contribution in [3.63, 3.8) is 0 Å². The summed E-state index contributed by atoms with van der Waals surface area (Å²) in [6, 6.07) is 1.27. The van der Waals surface area contributed by atoms with E-state index >= 15 is 0 Å². The van der Waals surface area contributed by atoms with Crippen molar-refractivity contribution in [2.75, 3.05) is 7.11 Å². The quantitative estimate of drug-likeness (QED) is 0.903. The van der Waals surface area contributed by atoms with Crippen LogP contribution in [0.5, 0.6) is 5.75 Å². The van der Waals surface area contributed by atoms with Crippen molar-refractivity contribution in [1.29, 1.82) is 0 Å². The monoisotopic (exact) mass is 257 g/mol. The zero-order valence-corrected chi connectivity index (χ0v) is 11.1. The molecule has 4 heteroatoms. The number of halogens is 2. The summed E-state index contributed by atoms with van der Waals surface area (Å²) < 4.78 is 19.1. The molecular weight excluding hydrogens is 241 g/mol. The lowest BCUT2D eigenvalue weighted by Gasteiger charge is -2.25. The second-order valence-corrected chi connectivity index (χ2v) is 5.23. The largest absolute Gasteiger partial charge is 0.495 e. The summed E-state index contributed by atoms with van der Waals surface area (Å²) in [6.45, 7) is 3.71. The van der Waals surface area contributed by atoms with E-state index in [2.05, 4.69) is 0 Å². The molecule has 1 aromatic carbocycles. The second kappa shape index (κ2) is 4.14. The molecule has 1 aliphatic rings. The fourth-order valence-electron chi connectivity index (χ4n) is 2.56. The molecule has 17 heavy (non-hydrogen) atoms. The Morgan fingerprint density at radius 1 is 1.53 bits per heavy atom. The van der Waals surface area contributed by atoms with Gasteiger partial charge in [-0.25, -0.2) is 4.39 Å². The normalized spacial score (nSPS) is 18.9. The lowest BCUT2D eigenvalue weighted by Crippen LogP contribution is -2.32. The highest BCUT2D eigenvalue weighted by Gasteiger charge is 2.50. The molecule has 94 valence electrons. The molecule has 0 saturated heterocycles. The first-order chi connectivity index (χ1) is 7.94. The summed E-state index contributed by atoms with van der Waals surface area (Å²) >= 11 is 6.04. The van der Waals surface area contributed by atoms with Crippen LogP contribution in [0.2, 0.25) is 5.02 Å². The molecule has 1 fully saturated rings. The van der Waals surface area contributed by atoms with Crippen LogP contribution in [0.4, 0.5) is 4.39 Å². The van der Waals surface area contributed by atoms with Crippen LogP contribution in [-0.2, 0) is 5.41 Å². The highest BCUT2D eigenvalue weighted by Crippen LogP contribution is 2.55. The van der Waals surface area contributed by atoms with Gasteiger partial charge in [0.2, 0.25) is 0 Å². The minimum atomic E-state index is -0.294. The number of nitrogens with two attached hydrogens (primary N) is 1. The molecule has 0 radical (unpaired) electrons. The zero-order chi connectivity index (χ0) is 12.8. The van der Waals surface area contributed by atoms with E-state index < -0.39 is 0 Å². The van der Waals surface area contributed by atoms with Crippen molar-refractivity contribution in [2.45, 2.75) is 38.1 Å². The Bertz CT molecular complexity index is 455. The maximum Gasteiger partial charge on any atom is 0.141 e. The van der Waals surface area contributed by atoms with Crippen molar-refractivity contribution in [3.8, 4) is 5.75 Å². The van der Waals surface area contributed by atoms with Gasteiger partial charge in [0, 0.05) is 17.0 Å². The Labute approximate surface area is 106 Å². The van der Waals surface area contributed by atoms with Gasteiger partial charge in [-0.3, -0.25) is 0 Å². The third-order valence-corrected chi connectivity index (χ3v) is 4.07. The van der Waals surface area contributed by atoms with Gasteiger partial charge in [0.1, 0.15) is 11.6 Å². The van der Waals surface area contributed by atoms with Crippen LogP contribution in [0.25, 0.3) is 0 Å². The molecule has 2 N–H and O–H groups in total. The topological polar surface area (TPSA) is 35.2 Å².